The van der Waals surface area contributed by atoms with Crippen molar-refractivity contribution in [2.24, 2.45) is 5.41 Å². The molecule has 0 aliphatic heterocycles. The number of nitrogens with zero attached hydrogens (tertiary/aromatic N) is 1. The van der Waals surface area contributed by atoms with Gasteiger partial charge in [-0.25, -0.2) is 18.1 Å². The third kappa shape index (κ3) is 4.26. The van der Waals surface area contributed by atoms with Crippen molar-refractivity contribution in [3.05, 3.63) is 23.5 Å². The average molecular weight is 277 g/mol. The highest BCUT2D eigenvalue weighted by Gasteiger charge is 2.20. The van der Waals surface area contributed by atoms with Crippen molar-refractivity contribution >= 4 is 21.6 Å². The van der Waals surface area contributed by atoms with Crippen molar-refractivity contribution in [2.45, 2.75) is 32.1 Å². The average Bonchev–Trinajstić information content (AvgIpc) is 2.27. The third-order valence-corrected chi connectivity index (χ3v) is 4.32. The second kappa shape index (κ2) is 5.33. The predicted molar refractivity (Wildman–Crippen MR) is 68.5 cm³/mol. The third-order valence-electron chi connectivity index (χ3n) is 2.71. The normalized spacial score (nSPS) is 12.7. The number of halogens is 1. The highest BCUT2D eigenvalue weighted by molar-refractivity contribution is 7.89. The van der Waals surface area contributed by atoms with E-state index >= 15 is 0 Å². The summed E-state index contributed by atoms with van der Waals surface area (Å²) >= 11 is 5.61. The molecule has 4 nitrogen and oxygen atoms in total. The Hall–Kier alpha value is -0.650. The Bertz CT molecular complexity index is 469. The van der Waals surface area contributed by atoms with Gasteiger partial charge >= 0.3 is 0 Å². The number of hydrogen-bond acceptors (Lipinski definition) is 3. The molecule has 0 atom stereocenters. The van der Waals surface area contributed by atoms with Crippen molar-refractivity contribution in [2.75, 3.05) is 6.54 Å². The van der Waals surface area contributed by atoms with E-state index in [-0.39, 0.29) is 15.5 Å². The summed E-state index contributed by atoms with van der Waals surface area (Å²) < 4.78 is 26.4. The molecule has 1 aromatic heterocycles. The molecule has 1 rings (SSSR count). The molecular formula is C11H17ClN2O2S. The van der Waals surface area contributed by atoms with Crippen molar-refractivity contribution in [1.29, 1.82) is 0 Å². The van der Waals surface area contributed by atoms with E-state index in [1.165, 1.54) is 18.3 Å². The van der Waals surface area contributed by atoms with Crippen LogP contribution in [-0.2, 0) is 10.0 Å². The lowest BCUT2D eigenvalue weighted by atomic mass is 9.91. The lowest BCUT2D eigenvalue weighted by Crippen LogP contribution is -2.33. The molecule has 0 aliphatic carbocycles. The van der Waals surface area contributed by atoms with Crippen LogP contribution in [0.4, 0.5) is 0 Å². The van der Waals surface area contributed by atoms with Crippen molar-refractivity contribution in [3.8, 4) is 0 Å². The van der Waals surface area contributed by atoms with E-state index in [0.717, 1.165) is 6.42 Å². The second-order valence-electron chi connectivity index (χ2n) is 4.66. The quantitative estimate of drug-likeness (QED) is 0.841. The minimum Gasteiger partial charge on any atom is -0.243 e. The molecule has 0 saturated heterocycles. The van der Waals surface area contributed by atoms with Crippen LogP contribution in [0.15, 0.2) is 23.2 Å². The molecule has 1 N–H and O–H groups in total. The zero-order chi connectivity index (χ0) is 13.1. The minimum atomic E-state index is -3.49. The highest BCUT2D eigenvalue weighted by Crippen LogP contribution is 2.19. The first-order valence-corrected chi connectivity index (χ1v) is 7.24. The van der Waals surface area contributed by atoms with E-state index in [0.29, 0.717) is 6.54 Å². The molecule has 0 radical (unpaired) electrons. The van der Waals surface area contributed by atoms with Gasteiger partial charge in [0.05, 0.1) is 0 Å². The van der Waals surface area contributed by atoms with E-state index in [2.05, 4.69) is 9.71 Å². The Morgan fingerprint density at radius 2 is 2.06 bits per heavy atom. The Balaban J connectivity index is 2.79. The fraction of sp³-hybridized carbons (Fsp3) is 0.545. The van der Waals surface area contributed by atoms with E-state index in [4.69, 9.17) is 11.6 Å². The summed E-state index contributed by atoms with van der Waals surface area (Å²) in [5.41, 5.74) is -0.0626. The van der Waals surface area contributed by atoms with Crippen LogP contribution in [-0.4, -0.2) is 19.9 Å². The number of nitrogens with one attached hydrogen (secondary N) is 1. The second-order valence-corrected chi connectivity index (χ2v) is 6.81. The lowest BCUT2D eigenvalue weighted by molar-refractivity contribution is 0.350. The van der Waals surface area contributed by atoms with E-state index in [1.54, 1.807) is 0 Å². The van der Waals surface area contributed by atoms with E-state index in [9.17, 15) is 8.42 Å². The molecule has 96 valence electrons. The molecule has 0 saturated carbocycles. The highest BCUT2D eigenvalue weighted by atomic mass is 35.5. The first-order chi connectivity index (χ1) is 7.77. The van der Waals surface area contributed by atoms with Gasteiger partial charge in [-0.05, 0) is 24.0 Å². The van der Waals surface area contributed by atoms with Crippen LogP contribution in [0, 0.1) is 5.41 Å². The number of pyridine rings is 1. The Morgan fingerprint density at radius 1 is 1.41 bits per heavy atom. The van der Waals surface area contributed by atoms with Gasteiger partial charge in [0.2, 0.25) is 10.0 Å². The van der Waals surface area contributed by atoms with Gasteiger partial charge in [0.25, 0.3) is 0 Å². The molecule has 0 aromatic carbocycles. The Kier molecular flexibility index (Phi) is 4.52. The van der Waals surface area contributed by atoms with E-state index in [1.807, 2.05) is 20.8 Å². The maximum Gasteiger partial charge on any atom is 0.242 e. The minimum absolute atomic E-state index is 0.0626. The van der Waals surface area contributed by atoms with Gasteiger partial charge in [0, 0.05) is 12.7 Å². The topological polar surface area (TPSA) is 59.1 Å². The van der Waals surface area contributed by atoms with Gasteiger partial charge in [0.15, 0.2) is 0 Å². The smallest absolute Gasteiger partial charge is 0.242 e. The number of sulfonamides is 1. The van der Waals surface area contributed by atoms with Crippen molar-refractivity contribution in [1.82, 2.24) is 9.71 Å². The maximum absolute atomic E-state index is 11.9. The molecule has 6 heteroatoms. The first-order valence-electron chi connectivity index (χ1n) is 5.38. The summed E-state index contributed by atoms with van der Waals surface area (Å²) in [4.78, 5) is 3.89. The molecule has 1 aromatic rings. The zero-order valence-electron chi connectivity index (χ0n) is 10.2. The molecule has 0 bridgehead atoms. The lowest BCUT2D eigenvalue weighted by Gasteiger charge is -2.22. The van der Waals surface area contributed by atoms with Crippen LogP contribution >= 0.6 is 11.6 Å². The van der Waals surface area contributed by atoms with Crippen LogP contribution in [0.5, 0.6) is 0 Å². The molecule has 1 heterocycles. The van der Waals surface area contributed by atoms with Gasteiger partial charge in [-0.1, -0.05) is 32.4 Å². The number of hydrogen-bond donors (Lipinski definition) is 1. The van der Waals surface area contributed by atoms with E-state index < -0.39 is 10.0 Å². The predicted octanol–water partition coefficient (Wildman–Crippen LogP) is 2.45. The largest absolute Gasteiger partial charge is 0.243 e. The van der Waals surface area contributed by atoms with Crippen LogP contribution in [0.1, 0.15) is 27.2 Å². The Morgan fingerprint density at radius 3 is 2.53 bits per heavy atom. The molecule has 17 heavy (non-hydrogen) atoms. The molecule has 0 amide bonds. The summed E-state index contributed by atoms with van der Waals surface area (Å²) in [6.45, 7) is 6.44. The standard InChI is InChI=1S/C11H17ClN2O2S/c1-4-11(2,3)8-14-17(15,16)9-5-6-10(12)13-7-9/h5-7,14H,4,8H2,1-3H3. The molecule has 0 fully saturated rings. The number of aromatic nitrogens is 1. The van der Waals surface area contributed by atoms with Crippen LogP contribution in [0.25, 0.3) is 0 Å². The summed E-state index contributed by atoms with van der Waals surface area (Å²) in [6, 6.07) is 2.90. The summed E-state index contributed by atoms with van der Waals surface area (Å²) in [5.74, 6) is 0. The monoisotopic (exact) mass is 276 g/mol. The Labute approximate surface area is 107 Å². The molecular weight excluding hydrogens is 260 g/mol. The first kappa shape index (κ1) is 14.4. The van der Waals surface area contributed by atoms with Crippen LogP contribution in [0.2, 0.25) is 5.15 Å². The summed E-state index contributed by atoms with van der Waals surface area (Å²) in [5, 5.41) is 0.276. The molecule has 0 aliphatic rings. The van der Waals surface area contributed by atoms with Crippen molar-refractivity contribution in [3.63, 3.8) is 0 Å². The van der Waals surface area contributed by atoms with Gasteiger partial charge in [-0.15, -0.1) is 0 Å². The molecule has 0 unspecified atom stereocenters. The van der Waals surface area contributed by atoms with Gasteiger partial charge < -0.3 is 0 Å². The summed E-state index contributed by atoms with van der Waals surface area (Å²) in [6.07, 6.45) is 2.15. The van der Waals surface area contributed by atoms with Gasteiger partial charge in [-0.2, -0.15) is 0 Å². The number of rotatable bonds is 5. The maximum atomic E-state index is 11.9. The molecule has 0 spiro atoms. The van der Waals surface area contributed by atoms with Crippen LogP contribution < -0.4 is 4.72 Å². The van der Waals surface area contributed by atoms with Crippen molar-refractivity contribution < 1.29 is 8.42 Å². The van der Waals surface area contributed by atoms with Crippen LogP contribution in [0.3, 0.4) is 0 Å². The fourth-order valence-electron chi connectivity index (χ4n) is 1.02. The SMILES string of the molecule is CCC(C)(C)CNS(=O)(=O)c1ccc(Cl)nc1. The summed E-state index contributed by atoms with van der Waals surface area (Å²) in [7, 11) is -3.49. The van der Waals surface area contributed by atoms with Gasteiger partial charge in [0.1, 0.15) is 10.0 Å². The zero-order valence-corrected chi connectivity index (χ0v) is 11.8. The fourth-order valence-corrected chi connectivity index (χ4v) is 2.32. The van der Waals surface area contributed by atoms with Gasteiger partial charge in [-0.3, -0.25) is 0 Å².